The van der Waals surface area contributed by atoms with Crippen LogP contribution in [0.15, 0.2) is 35.2 Å². The highest BCUT2D eigenvalue weighted by molar-refractivity contribution is 7.89. The molecule has 1 aromatic carbocycles. The second-order valence-electron chi connectivity index (χ2n) is 7.10. The van der Waals surface area contributed by atoms with E-state index in [4.69, 9.17) is 9.47 Å². The lowest BCUT2D eigenvalue weighted by atomic mass is 10.0. The van der Waals surface area contributed by atoms with E-state index in [-0.39, 0.29) is 17.2 Å². The monoisotopic (exact) mass is 412 g/mol. The van der Waals surface area contributed by atoms with Crippen LogP contribution in [-0.2, 0) is 29.1 Å². The molecule has 1 aromatic rings. The fraction of sp³-hybridized carbons (Fsp3) is 0.579. The zero-order chi connectivity index (χ0) is 20.7. The first-order valence-electron chi connectivity index (χ1n) is 9.41. The molecule has 1 amide bonds. The first-order chi connectivity index (χ1) is 13.2. The number of esters is 1. The fourth-order valence-electron chi connectivity index (χ4n) is 2.85. The van der Waals surface area contributed by atoms with Gasteiger partial charge in [-0.1, -0.05) is 39.0 Å². The van der Waals surface area contributed by atoms with Gasteiger partial charge in [0.25, 0.3) is 0 Å². The molecular formula is C19H28N2O6S. The van der Waals surface area contributed by atoms with E-state index in [0.29, 0.717) is 19.4 Å². The molecule has 0 radical (unpaired) electrons. The van der Waals surface area contributed by atoms with Crippen LogP contribution in [-0.4, -0.2) is 45.3 Å². The molecule has 0 aromatic heterocycles. The van der Waals surface area contributed by atoms with Gasteiger partial charge in [-0.3, -0.25) is 9.59 Å². The molecule has 0 spiro atoms. The van der Waals surface area contributed by atoms with Gasteiger partial charge in [0, 0.05) is 6.42 Å². The van der Waals surface area contributed by atoms with Crippen LogP contribution in [0.2, 0.25) is 0 Å². The lowest BCUT2D eigenvalue weighted by Gasteiger charge is -2.24. The Labute approximate surface area is 166 Å². The molecule has 1 fully saturated rings. The molecule has 2 rings (SSSR count). The molecule has 1 unspecified atom stereocenters. The van der Waals surface area contributed by atoms with E-state index in [9.17, 15) is 18.0 Å². The van der Waals surface area contributed by atoms with E-state index in [1.165, 1.54) is 12.1 Å². The lowest BCUT2D eigenvalue weighted by molar-refractivity contribution is -0.173. The van der Waals surface area contributed by atoms with Crippen molar-refractivity contribution >= 4 is 21.9 Å². The maximum absolute atomic E-state index is 12.8. The summed E-state index contributed by atoms with van der Waals surface area (Å²) in [5, 5.41) is 2.77. The molecule has 0 aliphatic carbocycles. The van der Waals surface area contributed by atoms with Crippen LogP contribution in [0.4, 0.5) is 0 Å². The van der Waals surface area contributed by atoms with E-state index >= 15 is 0 Å². The average Bonchev–Trinajstić information content (AvgIpc) is 3.07. The van der Waals surface area contributed by atoms with Gasteiger partial charge in [-0.15, -0.1) is 0 Å². The first-order valence-corrected chi connectivity index (χ1v) is 10.9. The van der Waals surface area contributed by atoms with Crippen molar-refractivity contribution in [2.45, 2.75) is 63.3 Å². The third kappa shape index (κ3) is 6.29. The van der Waals surface area contributed by atoms with E-state index < -0.39 is 40.3 Å². The first kappa shape index (κ1) is 22.3. The van der Waals surface area contributed by atoms with Crippen molar-refractivity contribution in [3.05, 3.63) is 30.3 Å². The summed E-state index contributed by atoms with van der Waals surface area (Å²) < 4.78 is 38.3. The van der Waals surface area contributed by atoms with Crippen molar-refractivity contribution in [2.75, 3.05) is 6.61 Å². The number of hydrogen-bond acceptors (Lipinski definition) is 6. The maximum atomic E-state index is 12.8. The number of amides is 1. The van der Waals surface area contributed by atoms with Gasteiger partial charge in [-0.25, -0.2) is 8.42 Å². The predicted octanol–water partition coefficient (Wildman–Crippen LogP) is 1.56. The molecule has 8 nitrogen and oxygen atoms in total. The van der Waals surface area contributed by atoms with Crippen LogP contribution in [0.25, 0.3) is 0 Å². The lowest BCUT2D eigenvalue weighted by Crippen LogP contribution is -2.52. The van der Waals surface area contributed by atoms with E-state index in [0.717, 1.165) is 0 Å². The normalized spacial score (nSPS) is 20.7. The third-order valence-electron chi connectivity index (χ3n) is 4.28. The highest BCUT2D eigenvalue weighted by Gasteiger charge is 2.35. The molecule has 28 heavy (non-hydrogen) atoms. The summed E-state index contributed by atoms with van der Waals surface area (Å²) in [5.41, 5.74) is 0. The van der Waals surface area contributed by atoms with Crippen molar-refractivity contribution in [1.29, 1.82) is 0 Å². The second kappa shape index (κ2) is 9.99. The fourth-order valence-corrected chi connectivity index (χ4v) is 4.08. The van der Waals surface area contributed by atoms with Crippen LogP contribution < -0.4 is 10.0 Å². The molecule has 3 atom stereocenters. The van der Waals surface area contributed by atoms with Crippen LogP contribution in [0.1, 0.15) is 40.0 Å². The number of hydrogen-bond donors (Lipinski definition) is 2. The molecule has 1 aliphatic rings. The third-order valence-corrected chi connectivity index (χ3v) is 5.77. The second-order valence-corrected chi connectivity index (χ2v) is 8.82. The molecule has 9 heteroatoms. The number of nitrogens with one attached hydrogen (secondary N) is 2. The Morgan fingerprint density at radius 2 is 1.93 bits per heavy atom. The molecular weight excluding hydrogens is 384 g/mol. The van der Waals surface area contributed by atoms with Gasteiger partial charge in [0.1, 0.15) is 6.04 Å². The van der Waals surface area contributed by atoms with Crippen molar-refractivity contribution < 1.29 is 27.5 Å². The largest absolute Gasteiger partial charge is 0.433 e. The van der Waals surface area contributed by atoms with E-state index in [2.05, 4.69) is 10.0 Å². The smallest absolute Gasteiger partial charge is 0.307 e. The van der Waals surface area contributed by atoms with Crippen molar-refractivity contribution in [2.24, 2.45) is 5.92 Å². The quantitative estimate of drug-likeness (QED) is 0.596. The Morgan fingerprint density at radius 3 is 2.54 bits per heavy atom. The van der Waals surface area contributed by atoms with Gasteiger partial charge in [-0.05, 0) is 30.9 Å². The summed E-state index contributed by atoms with van der Waals surface area (Å²) in [6.07, 6.45) is 0.146. The minimum Gasteiger partial charge on any atom is -0.433 e. The standard InChI is InChI=1S/C19H28N2O6S/c1-4-17(22)27-19-15(10-11-26-19)20-18(23)16(12-13(2)3)21-28(24,25)14-8-6-5-7-9-14/h5-9,13,15-16,19,21H,4,10-12H2,1-3H3,(H,20,23)/t15-,16?,19-/m0/s1. The Hall–Kier alpha value is -1.97. The molecule has 156 valence electrons. The zero-order valence-electron chi connectivity index (χ0n) is 16.4. The zero-order valence-corrected chi connectivity index (χ0v) is 17.2. The Balaban J connectivity index is 2.09. The van der Waals surface area contributed by atoms with Crippen LogP contribution in [0.5, 0.6) is 0 Å². The Kier molecular flexibility index (Phi) is 7.97. The Bertz CT molecular complexity index is 766. The highest BCUT2D eigenvalue weighted by atomic mass is 32.2. The van der Waals surface area contributed by atoms with Gasteiger partial charge in [0.15, 0.2) is 0 Å². The van der Waals surface area contributed by atoms with Crippen LogP contribution in [0.3, 0.4) is 0 Å². The molecule has 2 N–H and O–H groups in total. The average molecular weight is 413 g/mol. The summed E-state index contributed by atoms with van der Waals surface area (Å²) in [6, 6.07) is 6.43. The minimum atomic E-state index is -3.85. The Morgan fingerprint density at radius 1 is 1.25 bits per heavy atom. The highest BCUT2D eigenvalue weighted by Crippen LogP contribution is 2.17. The number of carbonyl (C=O) groups is 2. The van der Waals surface area contributed by atoms with Crippen LogP contribution in [0, 0.1) is 5.92 Å². The number of sulfonamides is 1. The van der Waals surface area contributed by atoms with Gasteiger partial charge in [0.05, 0.1) is 17.5 Å². The minimum absolute atomic E-state index is 0.0859. The van der Waals surface area contributed by atoms with Gasteiger partial charge in [0.2, 0.25) is 22.2 Å². The van der Waals surface area contributed by atoms with Crippen LogP contribution >= 0.6 is 0 Å². The van der Waals surface area contributed by atoms with Crippen molar-refractivity contribution in [3.8, 4) is 0 Å². The summed E-state index contributed by atoms with van der Waals surface area (Å²) in [6.45, 7) is 5.82. The van der Waals surface area contributed by atoms with E-state index in [1.54, 1.807) is 25.1 Å². The number of rotatable bonds is 9. The molecule has 1 aliphatic heterocycles. The topological polar surface area (TPSA) is 111 Å². The molecule has 1 heterocycles. The van der Waals surface area contributed by atoms with Gasteiger partial charge < -0.3 is 14.8 Å². The SMILES string of the molecule is CCC(=O)O[C@@H]1OCC[C@@H]1NC(=O)C(CC(C)C)NS(=O)(=O)c1ccccc1. The molecule has 1 saturated heterocycles. The summed E-state index contributed by atoms with van der Waals surface area (Å²) >= 11 is 0. The van der Waals surface area contributed by atoms with Gasteiger partial charge in [-0.2, -0.15) is 4.72 Å². The van der Waals surface area contributed by atoms with Crippen molar-refractivity contribution in [3.63, 3.8) is 0 Å². The number of carbonyl (C=O) groups excluding carboxylic acids is 2. The molecule has 0 saturated carbocycles. The maximum Gasteiger partial charge on any atom is 0.307 e. The number of benzene rings is 1. The predicted molar refractivity (Wildman–Crippen MR) is 103 cm³/mol. The summed E-state index contributed by atoms with van der Waals surface area (Å²) in [5.74, 6) is -0.807. The van der Waals surface area contributed by atoms with Crippen molar-refractivity contribution in [1.82, 2.24) is 10.0 Å². The molecule has 0 bridgehead atoms. The summed E-state index contributed by atoms with van der Waals surface area (Å²) in [7, 11) is -3.85. The van der Waals surface area contributed by atoms with E-state index in [1.807, 2.05) is 13.8 Å². The number of ether oxygens (including phenoxy) is 2. The van der Waals surface area contributed by atoms with Gasteiger partial charge >= 0.3 is 5.97 Å². The summed E-state index contributed by atoms with van der Waals surface area (Å²) in [4.78, 5) is 24.4.